The SMILES string of the molecule is Cc1cnc(Nc2ccc(F)c(Cl)c2)[nH]1. The van der Waals surface area contributed by atoms with E-state index < -0.39 is 5.82 Å². The molecule has 0 saturated carbocycles. The predicted octanol–water partition coefficient (Wildman–Crippen LogP) is 3.25. The van der Waals surface area contributed by atoms with Gasteiger partial charge in [-0.25, -0.2) is 9.37 Å². The highest BCUT2D eigenvalue weighted by Crippen LogP contribution is 2.21. The molecule has 0 saturated heterocycles. The molecule has 3 nitrogen and oxygen atoms in total. The van der Waals surface area contributed by atoms with Crippen LogP contribution in [0.4, 0.5) is 16.0 Å². The lowest BCUT2D eigenvalue weighted by Crippen LogP contribution is -1.92. The first kappa shape index (κ1) is 9.98. The van der Waals surface area contributed by atoms with Gasteiger partial charge in [0.1, 0.15) is 5.82 Å². The molecule has 0 amide bonds. The van der Waals surface area contributed by atoms with Crippen molar-refractivity contribution in [2.75, 3.05) is 5.32 Å². The first-order valence-electron chi connectivity index (χ1n) is 4.39. The topological polar surface area (TPSA) is 40.7 Å². The molecule has 1 aromatic heterocycles. The smallest absolute Gasteiger partial charge is 0.204 e. The minimum absolute atomic E-state index is 0.0864. The normalized spacial score (nSPS) is 10.3. The van der Waals surface area contributed by atoms with Gasteiger partial charge in [0.05, 0.1) is 5.02 Å². The van der Waals surface area contributed by atoms with Crippen LogP contribution in [-0.2, 0) is 0 Å². The van der Waals surface area contributed by atoms with Gasteiger partial charge in [-0.1, -0.05) is 11.6 Å². The number of hydrogen-bond donors (Lipinski definition) is 2. The van der Waals surface area contributed by atoms with Gasteiger partial charge >= 0.3 is 0 Å². The van der Waals surface area contributed by atoms with Crippen molar-refractivity contribution in [1.29, 1.82) is 0 Å². The van der Waals surface area contributed by atoms with Crippen molar-refractivity contribution >= 4 is 23.2 Å². The summed E-state index contributed by atoms with van der Waals surface area (Å²) in [4.78, 5) is 7.06. The summed E-state index contributed by atoms with van der Waals surface area (Å²) in [7, 11) is 0. The summed E-state index contributed by atoms with van der Waals surface area (Å²) in [5.74, 6) is 0.174. The zero-order chi connectivity index (χ0) is 10.8. The standard InChI is InChI=1S/C10H9ClFN3/c1-6-5-13-10(14-6)15-7-2-3-9(12)8(11)4-7/h2-5H,1H3,(H2,13,14,15). The number of H-pyrrole nitrogens is 1. The molecule has 0 aliphatic carbocycles. The third kappa shape index (κ3) is 2.27. The molecule has 0 unspecified atom stereocenters. The molecule has 2 rings (SSSR count). The first-order chi connectivity index (χ1) is 7.15. The highest BCUT2D eigenvalue weighted by molar-refractivity contribution is 6.31. The minimum atomic E-state index is -0.433. The van der Waals surface area contributed by atoms with Crippen LogP contribution < -0.4 is 5.32 Å². The van der Waals surface area contributed by atoms with E-state index >= 15 is 0 Å². The van der Waals surface area contributed by atoms with Crippen LogP contribution in [0.1, 0.15) is 5.69 Å². The molecule has 0 spiro atoms. The highest BCUT2D eigenvalue weighted by atomic mass is 35.5. The van der Waals surface area contributed by atoms with E-state index in [0.717, 1.165) is 5.69 Å². The van der Waals surface area contributed by atoms with E-state index in [2.05, 4.69) is 15.3 Å². The maximum absolute atomic E-state index is 12.9. The van der Waals surface area contributed by atoms with E-state index in [1.165, 1.54) is 12.1 Å². The Balaban J connectivity index is 2.21. The van der Waals surface area contributed by atoms with Gasteiger partial charge in [-0.05, 0) is 25.1 Å². The van der Waals surface area contributed by atoms with Crippen LogP contribution in [0.25, 0.3) is 0 Å². The number of aromatic amines is 1. The summed E-state index contributed by atoms with van der Waals surface area (Å²) in [6, 6.07) is 4.41. The van der Waals surface area contributed by atoms with E-state index in [0.29, 0.717) is 11.6 Å². The van der Waals surface area contributed by atoms with E-state index in [1.807, 2.05) is 6.92 Å². The molecule has 0 aliphatic heterocycles. The van der Waals surface area contributed by atoms with Crippen LogP contribution in [0, 0.1) is 12.7 Å². The molecule has 2 N–H and O–H groups in total. The number of anilines is 2. The Morgan fingerprint density at radius 1 is 1.47 bits per heavy atom. The van der Waals surface area contributed by atoms with Crippen molar-refractivity contribution in [3.63, 3.8) is 0 Å². The van der Waals surface area contributed by atoms with E-state index in [1.54, 1.807) is 12.3 Å². The second-order valence-corrected chi connectivity index (χ2v) is 3.58. The number of hydrogen-bond acceptors (Lipinski definition) is 2. The summed E-state index contributed by atoms with van der Waals surface area (Å²) in [5, 5.41) is 3.06. The molecule has 0 atom stereocenters. The average Bonchev–Trinajstić information content (AvgIpc) is 2.58. The Hall–Kier alpha value is -1.55. The predicted molar refractivity (Wildman–Crippen MR) is 58.0 cm³/mol. The fraction of sp³-hybridized carbons (Fsp3) is 0.100. The molecule has 78 valence electrons. The molecular weight excluding hydrogens is 217 g/mol. The third-order valence-electron chi connectivity index (χ3n) is 1.89. The second-order valence-electron chi connectivity index (χ2n) is 3.17. The number of nitrogens with zero attached hydrogens (tertiary/aromatic N) is 1. The van der Waals surface area contributed by atoms with E-state index in [-0.39, 0.29) is 5.02 Å². The van der Waals surface area contributed by atoms with Crippen molar-refractivity contribution in [3.05, 3.63) is 40.9 Å². The van der Waals surface area contributed by atoms with Gasteiger partial charge in [-0.15, -0.1) is 0 Å². The largest absolute Gasteiger partial charge is 0.328 e. The molecule has 0 radical (unpaired) electrons. The van der Waals surface area contributed by atoms with Gasteiger partial charge in [-0.3, -0.25) is 0 Å². The van der Waals surface area contributed by atoms with Crippen LogP contribution >= 0.6 is 11.6 Å². The Morgan fingerprint density at radius 3 is 2.87 bits per heavy atom. The Kier molecular flexibility index (Phi) is 2.60. The highest BCUT2D eigenvalue weighted by Gasteiger charge is 2.02. The van der Waals surface area contributed by atoms with Crippen LogP contribution in [0.15, 0.2) is 24.4 Å². The number of imidazole rings is 1. The van der Waals surface area contributed by atoms with Gasteiger partial charge in [-0.2, -0.15) is 0 Å². The Labute approximate surface area is 91.3 Å². The molecule has 2 aromatic rings. The average molecular weight is 226 g/mol. The van der Waals surface area contributed by atoms with Crippen LogP contribution in [0.3, 0.4) is 0 Å². The van der Waals surface area contributed by atoms with Crippen molar-refractivity contribution in [2.24, 2.45) is 0 Å². The van der Waals surface area contributed by atoms with Crippen molar-refractivity contribution in [3.8, 4) is 0 Å². The maximum Gasteiger partial charge on any atom is 0.204 e. The number of aromatic nitrogens is 2. The summed E-state index contributed by atoms with van der Waals surface area (Å²) in [6.45, 7) is 1.90. The molecule has 1 aromatic carbocycles. The number of aryl methyl sites for hydroxylation is 1. The summed E-state index contributed by atoms with van der Waals surface area (Å²) >= 11 is 5.64. The minimum Gasteiger partial charge on any atom is -0.328 e. The molecule has 0 aliphatic rings. The van der Waals surface area contributed by atoms with Crippen molar-refractivity contribution in [1.82, 2.24) is 9.97 Å². The van der Waals surface area contributed by atoms with Crippen molar-refractivity contribution < 1.29 is 4.39 Å². The fourth-order valence-corrected chi connectivity index (χ4v) is 1.37. The number of nitrogens with one attached hydrogen (secondary N) is 2. The quantitative estimate of drug-likeness (QED) is 0.824. The fourth-order valence-electron chi connectivity index (χ4n) is 1.19. The monoisotopic (exact) mass is 225 g/mol. The summed E-state index contributed by atoms with van der Waals surface area (Å²) < 4.78 is 12.9. The van der Waals surface area contributed by atoms with Crippen molar-refractivity contribution in [2.45, 2.75) is 6.92 Å². The zero-order valence-corrected chi connectivity index (χ0v) is 8.77. The first-order valence-corrected chi connectivity index (χ1v) is 4.76. The summed E-state index contributed by atoms with van der Waals surface area (Å²) in [6.07, 6.45) is 1.70. The van der Waals surface area contributed by atoms with Gasteiger partial charge in [0.15, 0.2) is 0 Å². The number of rotatable bonds is 2. The van der Waals surface area contributed by atoms with Gasteiger partial charge < -0.3 is 10.3 Å². The van der Waals surface area contributed by atoms with Crippen LogP contribution in [0.2, 0.25) is 5.02 Å². The zero-order valence-electron chi connectivity index (χ0n) is 8.01. The lowest BCUT2D eigenvalue weighted by atomic mass is 10.3. The van der Waals surface area contributed by atoms with Crippen LogP contribution in [0.5, 0.6) is 0 Å². The molecule has 15 heavy (non-hydrogen) atoms. The Morgan fingerprint density at radius 2 is 2.27 bits per heavy atom. The molecule has 5 heteroatoms. The molecule has 0 fully saturated rings. The lowest BCUT2D eigenvalue weighted by Gasteiger charge is -2.03. The van der Waals surface area contributed by atoms with Gasteiger partial charge in [0.2, 0.25) is 5.95 Å². The lowest BCUT2D eigenvalue weighted by molar-refractivity contribution is 0.628. The number of benzene rings is 1. The van der Waals surface area contributed by atoms with E-state index in [4.69, 9.17) is 11.6 Å². The second kappa shape index (κ2) is 3.90. The van der Waals surface area contributed by atoms with Gasteiger partial charge in [0.25, 0.3) is 0 Å². The molecule has 0 bridgehead atoms. The summed E-state index contributed by atoms with van der Waals surface area (Å²) in [5.41, 5.74) is 1.64. The molecular formula is C10H9ClFN3. The molecule has 1 heterocycles. The number of halogens is 2. The van der Waals surface area contributed by atoms with E-state index in [9.17, 15) is 4.39 Å². The third-order valence-corrected chi connectivity index (χ3v) is 2.17. The van der Waals surface area contributed by atoms with Crippen LogP contribution in [-0.4, -0.2) is 9.97 Å². The maximum atomic E-state index is 12.9. The van der Waals surface area contributed by atoms with Gasteiger partial charge in [0, 0.05) is 17.6 Å². The Bertz CT molecular complexity index is 481.